The standard InChI is InChI=1S/C14H15N3O2/c15-8-10-19-12-6-4-11(5-7-12)17-14(18)13-3-1-2-9-16-13/h1-7,9H,8,10,15H2,(H,17,18). The first-order chi connectivity index (χ1) is 9.29. The molecule has 2 aromatic rings. The Kier molecular flexibility index (Phi) is 4.47. The highest BCUT2D eigenvalue weighted by molar-refractivity contribution is 6.02. The van der Waals surface area contributed by atoms with E-state index >= 15 is 0 Å². The van der Waals surface area contributed by atoms with Crippen LogP contribution in [0.5, 0.6) is 5.75 Å². The van der Waals surface area contributed by atoms with Gasteiger partial charge in [-0.05, 0) is 36.4 Å². The molecule has 1 aromatic carbocycles. The zero-order valence-electron chi connectivity index (χ0n) is 10.4. The Hall–Kier alpha value is -2.40. The summed E-state index contributed by atoms with van der Waals surface area (Å²) in [6.45, 7) is 0.942. The molecule has 0 aliphatic heterocycles. The first-order valence-electron chi connectivity index (χ1n) is 5.95. The van der Waals surface area contributed by atoms with E-state index in [0.717, 1.165) is 5.75 Å². The number of nitrogens with zero attached hydrogens (tertiary/aromatic N) is 1. The first kappa shape index (κ1) is 13.0. The zero-order valence-corrected chi connectivity index (χ0v) is 10.4. The molecule has 0 aliphatic carbocycles. The van der Waals surface area contributed by atoms with E-state index in [0.29, 0.717) is 24.5 Å². The van der Waals surface area contributed by atoms with Gasteiger partial charge in [0.25, 0.3) is 5.91 Å². The Bertz CT molecular complexity index is 526. The van der Waals surface area contributed by atoms with Crippen LogP contribution in [0.3, 0.4) is 0 Å². The number of carbonyl (C=O) groups is 1. The van der Waals surface area contributed by atoms with Gasteiger partial charge in [-0.25, -0.2) is 0 Å². The molecule has 0 fully saturated rings. The van der Waals surface area contributed by atoms with Gasteiger partial charge in [0.05, 0.1) is 0 Å². The Morgan fingerprint density at radius 1 is 1.21 bits per heavy atom. The van der Waals surface area contributed by atoms with E-state index in [4.69, 9.17) is 10.5 Å². The van der Waals surface area contributed by atoms with Crippen molar-refractivity contribution < 1.29 is 9.53 Å². The van der Waals surface area contributed by atoms with Crippen molar-refractivity contribution in [3.8, 4) is 5.75 Å². The van der Waals surface area contributed by atoms with Gasteiger partial charge in [-0.1, -0.05) is 6.07 Å². The lowest BCUT2D eigenvalue weighted by Crippen LogP contribution is -2.13. The molecule has 5 heteroatoms. The molecule has 0 radical (unpaired) electrons. The van der Waals surface area contributed by atoms with Gasteiger partial charge in [0.1, 0.15) is 18.1 Å². The maximum atomic E-state index is 11.8. The number of rotatable bonds is 5. The van der Waals surface area contributed by atoms with E-state index in [1.807, 2.05) is 0 Å². The largest absolute Gasteiger partial charge is 0.492 e. The smallest absolute Gasteiger partial charge is 0.274 e. The number of ether oxygens (including phenoxy) is 1. The minimum atomic E-state index is -0.240. The normalized spacial score (nSPS) is 9.95. The number of anilines is 1. The van der Waals surface area contributed by atoms with Crippen LogP contribution in [0.15, 0.2) is 48.7 Å². The minimum absolute atomic E-state index is 0.240. The van der Waals surface area contributed by atoms with Gasteiger partial charge in [-0.2, -0.15) is 0 Å². The topological polar surface area (TPSA) is 77.2 Å². The van der Waals surface area contributed by atoms with Crippen LogP contribution in [0.2, 0.25) is 0 Å². The van der Waals surface area contributed by atoms with Crippen LogP contribution in [0.4, 0.5) is 5.69 Å². The lowest BCUT2D eigenvalue weighted by molar-refractivity contribution is 0.102. The van der Waals surface area contributed by atoms with E-state index in [1.165, 1.54) is 0 Å². The third-order valence-corrected chi connectivity index (χ3v) is 2.40. The van der Waals surface area contributed by atoms with E-state index in [9.17, 15) is 4.79 Å². The van der Waals surface area contributed by atoms with Crippen molar-refractivity contribution in [2.75, 3.05) is 18.5 Å². The Morgan fingerprint density at radius 3 is 2.63 bits per heavy atom. The third-order valence-electron chi connectivity index (χ3n) is 2.40. The van der Waals surface area contributed by atoms with Crippen molar-refractivity contribution in [1.82, 2.24) is 4.98 Å². The number of carbonyl (C=O) groups excluding carboxylic acids is 1. The van der Waals surface area contributed by atoms with E-state index in [1.54, 1.807) is 48.7 Å². The number of amides is 1. The molecule has 3 N–H and O–H groups in total. The second-order valence-electron chi connectivity index (χ2n) is 3.83. The summed E-state index contributed by atoms with van der Waals surface area (Å²) in [6, 6.07) is 12.3. The Morgan fingerprint density at radius 2 is 2.00 bits per heavy atom. The third kappa shape index (κ3) is 3.79. The molecule has 0 saturated heterocycles. The predicted octanol–water partition coefficient (Wildman–Crippen LogP) is 1.67. The van der Waals surface area contributed by atoms with Crippen LogP contribution in [-0.2, 0) is 0 Å². The number of hydrogen-bond donors (Lipinski definition) is 2. The second kappa shape index (κ2) is 6.51. The number of pyridine rings is 1. The summed E-state index contributed by atoms with van der Waals surface area (Å²) >= 11 is 0. The molecule has 98 valence electrons. The molecule has 0 spiro atoms. The molecular formula is C14H15N3O2. The maximum Gasteiger partial charge on any atom is 0.274 e. The summed E-state index contributed by atoms with van der Waals surface area (Å²) in [5.74, 6) is 0.484. The first-order valence-corrected chi connectivity index (χ1v) is 5.95. The number of hydrogen-bond acceptors (Lipinski definition) is 4. The SMILES string of the molecule is NCCOc1ccc(NC(=O)c2ccccn2)cc1. The van der Waals surface area contributed by atoms with E-state index < -0.39 is 0 Å². The fourth-order valence-corrected chi connectivity index (χ4v) is 1.50. The van der Waals surface area contributed by atoms with Gasteiger partial charge < -0.3 is 15.8 Å². The summed E-state index contributed by atoms with van der Waals surface area (Å²) in [6.07, 6.45) is 1.58. The fraction of sp³-hybridized carbons (Fsp3) is 0.143. The molecule has 1 heterocycles. The summed E-state index contributed by atoms with van der Waals surface area (Å²) in [5, 5.41) is 2.76. The number of nitrogens with two attached hydrogens (primary N) is 1. The van der Waals surface area contributed by atoms with Crippen molar-refractivity contribution >= 4 is 11.6 Å². The molecule has 1 aromatic heterocycles. The predicted molar refractivity (Wildman–Crippen MR) is 73.2 cm³/mol. The van der Waals surface area contributed by atoms with Crippen molar-refractivity contribution in [3.05, 3.63) is 54.4 Å². The average Bonchev–Trinajstić information content (AvgIpc) is 2.47. The van der Waals surface area contributed by atoms with Crippen LogP contribution >= 0.6 is 0 Å². The van der Waals surface area contributed by atoms with Crippen LogP contribution in [-0.4, -0.2) is 24.0 Å². The molecule has 0 aliphatic rings. The highest BCUT2D eigenvalue weighted by atomic mass is 16.5. The lowest BCUT2D eigenvalue weighted by atomic mass is 10.3. The Labute approximate surface area is 111 Å². The molecular weight excluding hydrogens is 242 g/mol. The summed E-state index contributed by atoms with van der Waals surface area (Å²) in [5.41, 5.74) is 6.42. The number of aromatic nitrogens is 1. The van der Waals surface area contributed by atoms with Crippen LogP contribution in [0, 0.1) is 0 Å². The zero-order chi connectivity index (χ0) is 13.5. The highest BCUT2D eigenvalue weighted by Gasteiger charge is 2.06. The molecule has 0 atom stereocenters. The molecule has 0 unspecified atom stereocenters. The van der Waals surface area contributed by atoms with Crippen molar-refractivity contribution in [1.29, 1.82) is 0 Å². The van der Waals surface area contributed by atoms with E-state index in [2.05, 4.69) is 10.3 Å². The number of benzene rings is 1. The van der Waals surface area contributed by atoms with Gasteiger partial charge >= 0.3 is 0 Å². The lowest BCUT2D eigenvalue weighted by Gasteiger charge is -2.07. The molecule has 0 bridgehead atoms. The summed E-state index contributed by atoms with van der Waals surface area (Å²) in [4.78, 5) is 15.8. The molecule has 19 heavy (non-hydrogen) atoms. The summed E-state index contributed by atoms with van der Waals surface area (Å²) < 4.78 is 5.35. The maximum absolute atomic E-state index is 11.8. The van der Waals surface area contributed by atoms with Crippen LogP contribution in [0.1, 0.15) is 10.5 Å². The van der Waals surface area contributed by atoms with Gasteiger partial charge in [-0.15, -0.1) is 0 Å². The van der Waals surface area contributed by atoms with Gasteiger partial charge in [0.2, 0.25) is 0 Å². The molecule has 0 saturated carbocycles. The quantitative estimate of drug-likeness (QED) is 0.854. The van der Waals surface area contributed by atoms with Gasteiger partial charge in [0, 0.05) is 18.4 Å². The fourth-order valence-electron chi connectivity index (χ4n) is 1.50. The van der Waals surface area contributed by atoms with Crippen molar-refractivity contribution in [3.63, 3.8) is 0 Å². The Balaban J connectivity index is 1.98. The monoisotopic (exact) mass is 257 g/mol. The minimum Gasteiger partial charge on any atom is -0.492 e. The van der Waals surface area contributed by atoms with Crippen molar-refractivity contribution in [2.45, 2.75) is 0 Å². The molecule has 1 amide bonds. The van der Waals surface area contributed by atoms with Crippen LogP contribution < -0.4 is 15.8 Å². The second-order valence-corrected chi connectivity index (χ2v) is 3.83. The van der Waals surface area contributed by atoms with Crippen LogP contribution in [0.25, 0.3) is 0 Å². The van der Waals surface area contributed by atoms with Gasteiger partial charge in [-0.3, -0.25) is 9.78 Å². The summed E-state index contributed by atoms with van der Waals surface area (Å²) in [7, 11) is 0. The average molecular weight is 257 g/mol. The van der Waals surface area contributed by atoms with Gasteiger partial charge in [0.15, 0.2) is 0 Å². The molecule has 2 rings (SSSR count). The number of nitrogens with one attached hydrogen (secondary N) is 1. The van der Waals surface area contributed by atoms with Crippen molar-refractivity contribution in [2.24, 2.45) is 5.73 Å². The highest BCUT2D eigenvalue weighted by Crippen LogP contribution is 2.16. The molecule has 5 nitrogen and oxygen atoms in total. The van der Waals surface area contributed by atoms with E-state index in [-0.39, 0.29) is 5.91 Å².